The van der Waals surface area contributed by atoms with Crippen molar-refractivity contribution in [3.8, 4) is 11.5 Å². The monoisotopic (exact) mass is 296 g/mol. The Bertz CT molecular complexity index is 575. The minimum atomic E-state index is -0.376. The molecule has 4 nitrogen and oxygen atoms in total. The first-order valence-corrected chi connectivity index (χ1v) is 6.90. The molecule has 0 radical (unpaired) electrons. The van der Waals surface area contributed by atoms with E-state index >= 15 is 0 Å². The SMILES string of the molecule is O=C(C/C=C/CC(=O)Oc1ccccc1)Oc1ccccc1. The highest BCUT2D eigenvalue weighted by atomic mass is 16.5. The Labute approximate surface area is 129 Å². The van der Waals surface area contributed by atoms with Gasteiger partial charge in [0.2, 0.25) is 0 Å². The predicted octanol–water partition coefficient (Wildman–Crippen LogP) is 3.53. The predicted molar refractivity (Wildman–Crippen MR) is 82.5 cm³/mol. The van der Waals surface area contributed by atoms with Gasteiger partial charge in [0.25, 0.3) is 0 Å². The minimum absolute atomic E-state index is 0.105. The summed E-state index contributed by atoms with van der Waals surface area (Å²) < 4.78 is 10.2. The Kier molecular flexibility index (Phi) is 5.93. The molecular weight excluding hydrogens is 280 g/mol. The van der Waals surface area contributed by atoms with Crippen LogP contribution in [0.25, 0.3) is 0 Å². The molecule has 0 spiro atoms. The van der Waals surface area contributed by atoms with Crippen molar-refractivity contribution in [1.82, 2.24) is 0 Å². The van der Waals surface area contributed by atoms with Crippen molar-refractivity contribution in [2.24, 2.45) is 0 Å². The summed E-state index contributed by atoms with van der Waals surface area (Å²) in [4.78, 5) is 23.1. The van der Waals surface area contributed by atoms with E-state index in [1.807, 2.05) is 12.1 Å². The van der Waals surface area contributed by atoms with Gasteiger partial charge in [0.05, 0.1) is 12.8 Å². The Morgan fingerprint density at radius 2 is 1.05 bits per heavy atom. The van der Waals surface area contributed by atoms with Crippen LogP contribution in [0.5, 0.6) is 11.5 Å². The summed E-state index contributed by atoms with van der Waals surface area (Å²) in [6.07, 6.45) is 3.40. The minimum Gasteiger partial charge on any atom is -0.426 e. The molecule has 0 aromatic heterocycles. The molecule has 0 aliphatic rings. The molecule has 22 heavy (non-hydrogen) atoms. The van der Waals surface area contributed by atoms with Gasteiger partial charge in [-0.1, -0.05) is 48.6 Å². The van der Waals surface area contributed by atoms with Gasteiger partial charge < -0.3 is 9.47 Å². The van der Waals surface area contributed by atoms with Gasteiger partial charge in [-0.2, -0.15) is 0 Å². The molecule has 0 atom stereocenters. The fourth-order valence-electron chi connectivity index (χ4n) is 1.68. The van der Waals surface area contributed by atoms with Gasteiger partial charge >= 0.3 is 11.9 Å². The molecule has 0 heterocycles. The third-order valence-corrected chi connectivity index (χ3v) is 2.69. The number of rotatable bonds is 6. The van der Waals surface area contributed by atoms with E-state index < -0.39 is 0 Å². The molecule has 0 saturated heterocycles. The standard InChI is InChI=1S/C18H16O4/c19-17(21-15-9-3-1-4-10-15)13-7-8-14-18(20)22-16-11-5-2-6-12-16/h1-12H,13-14H2/b8-7+. The van der Waals surface area contributed by atoms with Crippen LogP contribution in [0.2, 0.25) is 0 Å². The van der Waals surface area contributed by atoms with Crippen LogP contribution in [0.15, 0.2) is 72.8 Å². The fraction of sp³-hybridized carbons (Fsp3) is 0.111. The van der Waals surface area contributed by atoms with E-state index in [0.717, 1.165) is 0 Å². The Morgan fingerprint density at radius 1 is 0.682 bits per heavy atom. The molecule has 0 bridgehead atoms. The summed E-state index contributed by atoms with van der Waals surface area (Å²) in [6, 6.07) is 17.7. The van der Waals surface area contributed by atoms with Crippen LogP contribution in [0.1, 0.15) is 12.8 Å². The lowest BCUT2D eigenvalue weighted by molar-refractivity contribution is -0.134. The molecular formula is C18H16O4. The highest BCUT2D eigenvalue weighted by Crippen LogP contribution is 2.10. The normalized spacial score (nSPS) is 10.4. The van der Waals surface area contributed by atoms with E-state index in [1.165, 1.54) is 0 Å². The highest BCUT2D eigenvalue weighted by molar-refractivity contribution is 5.75. The molecule has 0 fully saturated rings. The van der Waals surface area contributed by atoms with Crippen molar-refractivity contribution in [1.29, 1.82) is 0 Å². The molecule has 2 aromatic carbocycles. The molecule has 0 amide bonds. The van der Waals surface area contributed by atoms with Gasteiger partial charge in [0, 0.05) is 0 Å². The van der Waals surface area contributed by atoms with Gasteiger partial charge in [0.15, 0.2) is 0 Å². The van der Waals surface area contributed by atoms with Crippen molar-refractivity contribution in [2.45, 2.75) is 12.8 Å². The largest absolute Gasteiger partial charge is 0.426 e. The summed E-state index contributed by atoms with van der Waals surface area (Å²) in [5, 5.41) is 0. The van der Waals surface area contributed by atoms with Gasteiger partial charge in [-0.25, -0.2) is 0 Å². The molecule has 4 heteroatoms. The van der Waals surface area contributed by atoms with Gasteiger partial charge in [-0.05, 0) is 24.3 Å². The molecule has 0 unspecified atom stereocenters. The van der Waals surface area contributed by atoms with Crippen LogP contribution in [-0.2, 0) is 9.59 Å². The first-order valence-electron chi connectivity index (χ1n) is 6.90. The number of benzene rings is 2. The Balaban J connectivity index is 1.69. The zero-order valence-corrected chi connectivity index (χ0v) is 12.0. The van der Waals surface area contributed by atoms with E-state index in [-0.39, 0.29) is 24.8 Å². The number of ether oxygens (including phenoxy) is 2. The van der Waals surface area contributed by atoms with Crippen LogP contribution < -0.4 is 9.47 Å². The average molecular weight is 296 g/mol. The van der Waals surface area contributed by atoms with E-state index in [2.05, 4.69) is 0 Å². The lowest BCUT2D eigenvalue weighted by Crippen LogP contribution is -2.07. The molecule has 2 rings (SSSR count). The third-order valence-electron chi connectivity index (χ3n) is 2.69. The second kappa shape index (κ2) is 8.42. The van der Waals surface area contributed by atoms with Crippen LogP contribution in [-0.4, -0.2) is 11.9 Å². The van der Waals surface area contributed by atoms with Crippen molar-refractivity contribution < 1.29 is 19.1 Å². The van der Waals surface area contributed by atoms with Gasteiger partial charge in [0.1, 0.15) is 11.5 Å². The Morgan fingerprint density at radius 3 is 1.41 bits per heavy atom. The first kappa shape index (κ1) is 15.5. The highest BCUT2D eigenvalue weighted by Gasteiger charge is 2.03. The summed E-state index contributed by atoms with van der Waals surface area (Å²) in [5.41, 5.74) is 0. The van der Waals surface area contributed by atoms with Gasteiger partial charge in [-0.3, -0.25) is 9.59 Å². The topological polar surface area (TPSA) is 52.6 Å². The second-order valence-corrected chi connectivity index (χ2v) is 4.45. The zero-order chi connectivity index (χ0) is 15.6. The van der Waals surface area contributed by atoms with Crippen molar-refractivity contribution in [2.75, 3.05) is 0 Å². The molecule has 112 valence electrons. The van der Waals surface area contributed by atoms with Crippen LogP contribution in [0.4, 0.5) is 0 Å². The average Bonchev–Trinajstić information content (AvgIpc) is 2.53. The maximum Gasteiger partial charge on any atom is 0.315 e. The molecule has 0 N–H and O–H groups in total. The second-order valence-electron chi connectivity index (χ2n) is 4.45. The lowest BCUT2D eigenvalue weighted by Gasteiger charge is -2.02. The summed E-state index contributed by atoms with van der Waals surface area (Å²) in [6.45, 7) is 0. The summed E-state index contributed by atoms with van der Waals surface area (Å²) >= 11 is 0. The number of esters is 2. The number of hydrogen-bond donors (Lipinski definition) is 0. The zero-order valence-electron chi connectivity index (χ0n) is 12.0. The van der Waals surface area contributed by atoms with Crippen molar-refractivity contribution in [3.05, 3.63) is 72.8 Å². The summed E-state index contributed by atoms with van der Waals surface area (Å²) in [5.74, 6) is 0.256. The smallest absolute Gasteiger partial charge is 0.315 e. The van der Waals surface area contributed by atoms with Crippen LogP contribution >= 0.6 is 0 Å². The maximum atomic E-state index is 11.6. The van der Waals surface area contributed by atoms with Crippen molar-refractivity contribution >= 4 is 11.9 Å². The lowest BCUT2D eigenvalue weighted by atomic mass is 10.3. The third kappa shape index (κ3) is 5.63. The van der Waals surface area contributed by atoms with E-state index in [0.29, 0.717) is 11.5 Å². The van der Waals surface area contributed by atoms with E-state index in [4.69, 9.17) is 9.47 Å². The van der Waals surface area contributed by atoms with Crippen molar-refractivity contribution in [3.63, 3.8) is 0 Å². The molecule has 2 aromatic rings. The van der Waals surface area contributed by atoms with E-state index in [9.17, 15) is 9.59 Å². The number of carbonyl (C=O) groups is 2. The first-order chi connectivity index (χ1) is 10.7. The molecule has 0 saturated carbocycles. The fourth-order valence-corrected chi connectivity index (χ4v) is 1.68. The van der Waals surface area contributed by atoms with Crippen LogP contribution in [0, 0.1) is 0 Å². The molecule has 0 aliphatic heterocycles. The van der Waals surface area contributed by atoms with Crippen LogP contribution in [0.3, 0.4) is 0 Å². The Hall–Kier alpha value is -2.88. The van der Waals surface area contributed by atoms with E-state index in [1.54, 1.807) is 60.7 Å². The number of carbonyl (C=O) groups excluding carboxylic acids is 2. The number of para-hydroxylation sites is 2. The maximum absolute atomic E-state index is 11.6. The molecule has 0 aliphatic carbocycles. The summed E-state index contributed by atoms with van der Waals surface area (Å²) in [7, 11) is 0. The quantitative estimate of drug-likeness (QED) is 0.465. The number of hydrogen-bond acceptors (Lipinski definition) is 4. The van der Waals surface area contributed by atoms with Gasteiger partial charge in [-0.15, -0.1) is 0 Å².